The molecular weight excluding hydrogens is 352 g/mol. The van der Waals surface area contributed by atoms with Crippen molar-refractivity contribution in [3.8, 4) is 5.75 Å². The molecule has 0 atom stereocenters. The molecule has 26 heavy (non-hydrogen) atoms. The van der Waals surface area contributed by atoms with E-state index in [-0.39, 0.29) is 12.5 Å². The van der Waals surface area contributed by atoms with E-state index < -0.39 is 5.76 Å². The number of methoxy groups -OCH3 is 1. The van der Waals surface area contributed by atoms with E-state index in [9.17, 15) is 9.59 Å². The highest BCUT2D eigenvalue weighted by Gasteiger charge is 2.16. The Morgan fingerprint density at radius 1 is 1.27 bits per heavy atom. The third kappa shape index (κ3) is 3.62. The Balaban J connectivity index is 1.76. The Labute approximate surface area is 155 Å². The summed E-state index contributed by atoms with van der Waals surface area (Å²) in [6.45, 7) is 0.362. The summed E-state index contributed by atoms with van der Waals surface area (Å²) < 4.78 is 11.9. The maximum atomic E-state index is 12.6. The van der Waals surface area contributed by atoms with Crippen LogP contribution in [-0.2, 0) is 17.9 Å². The first-order chi connectivity index (χ1) is 12.5. The van der Waals surface area contributed by atoms with Crippen molar-refractivity contribution in [2.45, 2.75) is 18.0 Å². The quantitative estimate of drug-likeness (QED) is 0.623. The summed E-state index contributed by atoms with van der Waals surface area (Å²) in [4.78, 5) is 27.2. The summed E-state index contributed by atoms with van der Waals surface area (Å²) in [5.74, 6) is 0.0819. The lowest BCUT2D eigenvalue weighted by Crippen LogP contribution is -2.32. The molecule has 3 aromatic rings. The number of hydrogen-bond acceptors (Lipinski definition) is 5. The molecule has 7 heteroatoms. The zero-order chi connectivity index (χ0) is 18.7. The third-order valence-electron chi connectivity index (χ3n) is 4.16. The van der Waals surface area contributed by atoms with Crippen LogP contribution in [0.15, 0.2) is 56.6 Å². The molecule has 1 aromatic heterocycles. The molecule has 0 bridgehead atoms. The fourth-order valence-corrected chi connectivity index (χ4v) is 3.31. The van der Waals surface area contributed by atoms with Gasteiger partial charge in [-0.3, -0.25) is 9.36 Å². The smallest absolute Gasteiger partial charge is 0.420 e. The van der Waals surface area contributed by atoms with Gasteiger partial charge in [-0.1, -0.05) is 18.2 Å². The first-order valence-electron chi connectivity index (χ1n) is 8.06. The van der Waals surface area contributed by atoms with Crippen LogP contribution in [0.25, 0.3) is 11.1 Å². The lowest BCUT2D eigenvalue weighted by molar-refractivity contribution is -0.131. The van der Waals surface area contributed by atoms with Gasteiger partial charge in [0.05, 0.1) is 12.6 Å². The molecule has 3 rings (SSSR count). The average Bonchev–Trinajstić information content (AvgIpc) is 2.97. The van der Waals surface area contributed by atoms with Crippen LogP contribution < -0.4 is 10.5 Å². The van der Waals surface area contributed by atoms with E-state index in [2.05, 4.69) is 0 Å². The lowest BCUT2D eigenvalue weighted by Gasteiger charge is -2.18. The molecule has 0 saturated carbocycles. The van der Waals surface area contributed by atoms with Crippen molar-refractivity contribution in [3.05, 3.63) is 58.6 Å². The monoisotopic (exact) mass is 372 g/mol. The maximum Gasteiger partial charge on any atom is 0.420 e. The highest BCUT2D eigenvalue weighted by molar-refractivity contribution is 7.98. The normalized spacial score (nSPS) is 10.9. The molecule has 0 aliphatic rings. The minimum absolute atomic E-state index is 0.0631. The summed E-state index contributed by atoms with van der Waals surface area (Å²) in [7, 11) is 3.34. The minimum atomic E-state index is -0.529. The van der Waals surface area contributed by atoms with Crippen molar-refractivity contribution in [2.75, 3.05) is 20.4 Å². The fourth-order valence-electron chi connectivity index (χ4n) is 2.76. The van der Waals surface area contributed by atoms with E-state index in [1.54, 1.807) is 49.0 Å². The highest BCUT2D eigenvalue weighted by atomic mass is 32.2. The third-order valence-corrected chi connectivity index (χ3v) is 4.94. The number of likely N-dealkylation sites (N-methyl/N-ethyl adjacent to an activating group) is 1. The first-order valence-corrected chi connectivity index (χ1v) is 9.29. The summed E-state index contributed by atoms with van der Waals surface area (Å²) >= 11 is 1.61. The number of ether oxygens (including phenoxy) is 1. The molecule has 1 amide bonds. The van der Waals surface area contributed by atoms with E-state index in [0.717, 1.165) is 16.2 Å². The predicted molar refractivity (Wildman–Crippen MR) is 102 cm³/mol. The number of thioether (sulfide) groups is 1. The Morgan fingerprint density at radius 3 is 2.77 bits per heavy atom. The molecular formula is C19H20N2O4S. The molecule has 0 spiro atoms. The molecule has 0 aliphatic carbocycles. The van der Waals surface area contributed by atoms with E-state index >= 15 is 0 Å². The van der Waals surface area contributed by atoms with Crippen LogP contribution in [0.3, 0.4) is 0 Å². The Morgan fingerprint density at radius 2 is 2.04 bits per heavy atom. The van der Waals surface area contributed by atoms with E-state index in [0.29, 0.717) is 17.6 Å². The number of benzene rings is 2. The van der Waals surface area contributed by atoms with E-state index in [4.69, 9.17) is 9.15 Å². The summed E-state index contributed by atoms with van der Waals surface area (Å²) in [6.07, 6.45) is 1.99. The van der Waals surface area contributed by atoms with E-state index in [1.165, 1.54) is 4.57 Å². The van der Waals surface area contributed by atoms with Crippen LogP contribution in [0.5, 0.6) is 5.75 Å². The van der Waals surface area contributed by atoms with Crippen LogP contribution in [0.1, 0.15) is 5.56 Å². The van der Waals surface area contributed by atoms with Crippen molar-refractivity contribution >= 4 is 28.8 Å². The number of nitrogens with zero attached hydrogens (tertiary/aromatic N) is 2. The predicted octanol–water partition coefficient (Wildman–Crippen LogP) is 2.98. The van der Waals surface area contributed by atoms with Crippen molar-refractivity contribution < 1.29 is 13.9 Å². The molecule has 6 nitrogen and oxygen atoms in total. The van der Waals surface area contributed by atoms with Gasteiger partial charge in [0.1, 0.15) is 12.3 Å². The molecule has 1 heterocycles. The standard InChI is InChI=1S/C19H20N2O4S/c1-20(11-13-8-9-17(26-3)16(10-13)24-2)18(22)12-21-14-6-4-5-7-15(14)25-19(21)23/h4-10H,11-12H2,1-3H3. The maximum absolute atomic E-state index is 12.6. The highest BCUT2D eigenvalue weighted by Crippen LogP contribution is 2.28. The Hall–Kier alpha value is -2.67. The number of fused-ring (bicyclic) bond motifs is 1. The number of oxazole rings is 1. The molecule has 2 aromatic carbocycles. The molecule has 0 fully saturated rings. The average molecular weight is 372 g/mol. The van der Waals surface area contributed by atoms with Gasteiger partial charge in [-0.05, 0) is 36.1 Å². The van der Waals surface area contributed by atoms with Crippen LogP contribution >= 0.6 is 11.8 Å². The van der Waals surface area contributed by atoms with Gasteiger partial charge in [0.15, 0.2) is 5.58 Å². The van der Waals surface area contributed by atoms with Crippen LogP contribution in [0.2, 0.25) is 0 Å². The number of aromatic nitrogens is 1. The molecule has 0 unspecified atom stereocenters. The lowest BCUT2D eigenvalue weighted by atomic mass is 10.2. The van der Waals surface area contributed by atoms with E-state index in [1.807, 2.05) is 30.5 Å². The number of amides is 1. The van der Waals surface area contributed by atoms with Crippen molar-refractivity contribution in [2.24, 2.45) is 0 Å². The van der Waals surface area contributed by atoms with Crippen LogP contribution in [-0.4, -0.2) is 35.8 Å². The Kier molecular flexibility index (Phi) is 5.37. The molecule has 0 saturated heterocycles. The van der Waals surface area contributed by atoms with Gasteiger partial charge in [-0.2, -0.15) is 0 Å². The fraction of sp³-hybridized carbons (Fsp3) is 0.263. The van der Waals surface area contributed by atoms with Crippen LogP contribution in [0, 0.1) is 0 Å². The second-order valence-corrected chi connectivity index (χ2v) is 6.71. The number of carbonyl (C=O) groups excluding carboxylic acids is 1. The zero-order valence-corrected chi connectivity index (χ0v) is 15.7. The zero-order valence-electron chi connectivity index (χ0n) is 14.9. The van der Waals surface area contributed by atoms with Crippen molar-refractivity contribution in [1.29, 1.82) is 0 Å². The van der Waals surface area contributed by atoms with Crippen molar-refractivity contribution in [3.63, 3.8) is 0 Å². The van der Waals surface area contributed by atoms with Crippen molar-refractivity contribution in [1.82, 2.24) is 9.47 Å². The second kappa shape index (κ2) is 7.70. The number of rotatable bonds is 6. The van der Waals surface area contributed by atoms with Gasteiger partial charge >= 0.3 is 5.76 Å². The molecule has 136 valence electrons. The summed E-state index contributed by atoms with van der Waals surface area (Å²) in [6, 6.07) is 12.9. The van der Waals surface area contributed by atoms with Gasteiger partial charge in [0, 0.05) is 18.5 Å². The number of hydrogen-bond donors (Lipinski definition) is 0. The van der Waals surface area contributed by atoms with Gasteiger partial charge in [0.2, 0.25) is 5.91 Å². The Bertz CT molecular complexity index is 993. The second-order valence-electron chi connectivity index (χ2n) is 5.86. The van der Waals surface area contributed by atoms with Gasteiger partial charge in [0.25, 0.3) is 0 Å². The SMILES string of the molecule is COc1cc(CN(C)C(=O)Cn2c(=O)oc3ccccc32)ccc1SC. The van der Waals surface area contributed by atoms with Gasteiger partial charge in [-0.15, -0.1) is 11.8 Å². The number of para-hydroxylation sites is 2. The topological polar surface area (TPSA) is 64.7 Å². The molecule has 0 N–H and O–H groups in total. The van der Waals surface area contributed by atoms with Gasteiger partial charge < -0.3 is 14.1 Å². The largest absolute Gasteiger partial charge is 0.496 e. The minimum Gasteiger partial charge on any atom is -0.496 e. The molecule has 0 radical (unpaired) electrons. The first kappa shape index (κ1) is 18.1. The summed E-state index contributed by atoms with van der Waals surface area (Å²) in [5, 5.41) is 0. The summed E-state index contributed by atoms with van der Waals surface area (Å²) in [5.41, 5.74) is 2.05. The van der Waals surface area contributed by atoms with Gasteiger partial charge in [-0.25, -0.2) is 4.79 Å². The van der Waals surface area contributed by atoms with Crippen LogP contribution in [0.4, 0.5) is 0 Å². The number of carbonyl (C=O) groups is 1. The molecule has 0 aliphatic heterocycles.